The van der Waals surface area contributed by atoms with Gasteiger partial charge >= 0.3 is 5.97 Å². The van der Waals surface area contributed by atoms with Gasteiger partial charge in [0.15, 0.2) is 11.4 Å². The first-order valence-corrected chi connectivity index (χ1v) is 13.6. The number of fused-ring (bicyclic) bond motifs is 1. The van der Waals surface area contributed by atoms with Gasteiger partial charge in [-0.05, 0) is 49.7 Å². The molecule has 6 heteroatoms. The first-order valence-electron chi connectivity index (χ1n) is 13.6. The largest absolute Gasteiger partial charge is 0.469 e. The molecule has 3 aromatic carbocycles. The number of unbranched alkanes of at least 4 members (excludes halogenated alkanes) is 2. The second-order valence-corrected chi connectivity index (χ2v) is 9.04. The quantitative estimate of drug-likeness (QED) is 0.151. The van der Waals surface area contributed by atoms with Crippen molar-refractivity contribution < 1.29 is 18.7 Å². The summed E-state index contributed by atoms with van der Waals surface area (Å²) in [6.07, 6.45) is 5.28. The van der Waals surface area contributed by atoms with Gasteiger partial charge in [0.25, 0.3) is 0 Å². The van der Waals surface area contributed by atoms with Crippen LogP contribution >= 0.6 is 0 Å². The molecule has 1 unspecified atom stereocenters. The molecule has 0 aliphatic carbocycles. The van der Waals surface area contributed by atoms with Gasteiger partial charge in [0.1, 0.15) is 5.52 Å². The number of nitrogens with zero attached hydrogens (tertiary/aromatic N) is 1. The van der Waals surface area contributed by atoms with Gasteiger partial charge in [-0.15, -0.1) is 0 Å². The third-order valence-electron chi connectivity index (χ3n) is 5.78. The Morgan fingerprint density at radius 3 is 2.03 bits per heavy atom. The number of oxazole rings is 1. The Kier molecular flexibility index (Phi) is 15.6. The number of ether oxygens (including phenoxy) is 1. The molecule has 0 bridgehead atoms. The van der Waals surface area contributed by atoms with Crippen molar-refractivity contribution in [1.82, 2.24) is 4.98 Å². The molecular formula is C33H44N2O4. The van der Waals surface area contributed by atoms with E-state index in [1.165, 1.54) is 39.7 Å². The van der Waals surface area contributed by atoms with Crippen LogP contribution < -0.4 is 5.73 Å². The van der Waals surface area contributed by atoms with Gasteiger partial charge in [-0.3, -0.25) is 9.59 Å². The van der Waals surface area contributed by atoms with Crippen LogP contribution in [0.2, 0.25) is 0 Å². The normalized spacial score (nSPS) is 10.5. The van der Waals surface area contributed by atoms with E-state index in [-0.39, 0.29) is 17.7 Å². The van der Waals surface area contributed by atoms with Crippen molar-refractivity contribution in [3.8, 4) is 11.5 Å². The van der Waals surface area contributed by atoms with Crippen LogP contribution in [0.15, 0.2) is 77.2 Å². The lowest BCUT2D eigenvalue weighted by Gasteiger charge is -2.08. The molecule has 0 fully saturated rings. The molecule has 1 aromatic heterocycles. The summed E-state index contributed by atoms with van der Waals surface area (Å²) >= 11 is 0. The fourth-order valence-electron chi connectivity index (χ4n) is 2.99. The Balaban J connectivity index is 0.000000325. The van der Waals surface area contributed by atoms with E-state index in [9.17, 15) is 9.59 Å². The Bertz CT molecular complexity index is 1260. The number of hydrogen-bond acceptors (Lipinski definition) is 6. The number of carbonyl (C=O) groups excluding carboxylic acids is 2. The molecule has 0 aliphatic rings. The number of hydrogen-bond donors (Lipinski definition) is 1. The monoisotopic (exact) mass is 532 g/mol. The van der Waals surface area contributed by atoms with Crippen LogP contribution in [0.25, 0.3) is 22.6 Å². The summed E-state index contributed by atoms with van der Waals surface area (Å²) in [5, 5.41) is 0. The third kappa shape index (κ3) is 11.6. The average Bonchev–Trinajstić information content (AvgIpc) is 3.40. The molecule has 2 N–H and O–H groups in total. The Labute approximate surface area is 233 Å². The summed E-state index contributed by atoms with van der Waals surface area (Å²) in [4.78, 5) is 26.9. The van der Waals surface area contributed by atoms with Crippen LogP contribution in [0.5, 0.6) is 0 Å². The molecule has 4 rings (SSSR count). The van der Waals surface area contributed by atoms with Crippen molar-refractivity contribution in [3.05, 3.63) is 83.9 Å². The fraction of sp³-hybridized carbons (Fsp3) is 0.364. The second kappa shape index (κ2) is 18.3. The van der Waals surface area contributed by atoms with Crippen molar-refractivity contribution in [2.75, 3.05) is 12.8 Å². The van der Waals surface area contributed by atoms with Gasteiger partial charge in [0.05, 0.1) is 13.0 Å². The summed E-state index contributed by atoms with van der Waals surface area (Å²) in [5.41, 5.74) is 10.2. The first-order chi connectivity index (χ1) is 18.7. The van der Waals surface area contributed by atoms with E-state index < -0.39 is 0 Å². The van der Waals surface area contributed by atoms with Gasteiger partial charge in [-0.2, -0.15) is 0 Å². The SMILES string of the molecule is CC(=O)c1cccc(-c2nc3cc(N)ccc3o2)c1.CCCC.CCCC.COC(=O)C(C)c1ccccc1. The molecule has 1 atom stereocenters. The Morgan fingerprint density at radius 1 is 0.872 bits per heavy atom. The second-order valence-electron chi connectivity index (χ2n) is 9.04. The molecule has 0 spiro atoms. The number of methoxy groups -OCH3 is 1. The van der Waals surface area contributed by atoms with E-state index in [4.69, 9.17) is 10.2 Å². The highest BCUT2D eigenvalue weighted by Crippen LogP contribution is 2.26. The smallest absolute Gasteiger partial charge is 0.312 e. The highest BCUT2D eigenvalue weighted by Gasteiger charge is 2.14. The van der Waals surface area contributed by atoms with Gasteiger partial charge in [-0.25, -0.2) is 4.98 Å². The van der Waals surface area contributed by atoms with E-state index in [0.717, 1.165) is 11.1 Å². The molecule has 39 heavy (non-hydrogen) atoms. The van der Waals surface area contributed by atoms with E-state index in [1.807, 2.05) is 49.4 Å². The molecule has 6 nitrogen and oxygen atoms in total. The van der Waals surface area contributed by atoms with E-state index in [2.05, 4.69) is 37.4 Å². The lowest BCUT2D eigenvalue weighted by Crippen LogP contribution is -2.10. The maximum atomic E-state index is 11.4. The highest BCUT2D eigenvalue weighted by atomic mass is 16.5. The highest BCUT2D eigenvalue weighted by molar-refractivity contribution is 5.95. The molecule has 0 radical (unpaired) electrons. The Morgan fingerprint density at radius 2 is 1.49 bits per heavy atom. The summed E-state index contributed by atoms with van der Waals surface area (Å²) in [6, 6.07) is 22.1. The zero-order valence-electron chi connectivity index (χ0n) is 24.5. The van der Waals surface area contributed by atoms with Crippen molar-refractivity contribution in [2.45, 2.75) is 73.1 Å². The van der Waals surface area contributed by atoms with Gasteiger partial charge in [0.2, 0.25) is 5.89 Å². The van der Waals surface area contributed by atoms with Crippen molar-refractivity contribution in [1.29, 1.82) is 0 Å². The van der Waals surface area contributed by atoms with Gasteiger partial charge < -0.3 is 14.9 Å². The van der Waals surface area contributed by atoms with Crippen LogP contribution in [0, 0.1) is 0 Å². The van der Waals surface area contributed by atoms with E-state index in [0.29, 0.717) is 28.2 Å². The molecule has 0 saturated carbocycles. The van der Waals surface area contributed by atoms with Crippen molar-refractivity contribution in [2.24, 2.45) is 0 Å². The van der Waals surface area contributed by atoms with Crippen LogP contribution in [0.4, 0.5) is 5.69 Å². The summed E-state index contributed by atoms with van der Waals surface area (Å²) in [5.74, 6) is 0.142. The zero-order chi connectivity index (χ0) is 29.2. The summed E-state index contributed by atoms with van der Waals surface area (Å²) < 4.78 is 10.3. The van der Waals surface area contributed by atoms with Crippen LogP contribution in [0.1, 0.15) is 89.1 Å². The lowest BCUT2D eigenvalue weighted by atomic mass is 10.0. The predicted octanol–water partition coefficient (Wildman–Crippen LogP) is 8.86. The molecule has 0 aliphatic heterocycles. The topological polar surface area (TPSA) is 95.4 Å². The molecule has 0 saturated heterocycles. The number of rotatable bonds is 6. The zero-order valence-corrected chi connectivity index (χ0v) is 24.5. The van der Waals surface area contributed by atoms with E-state index in [1.54, 1.807) is 30.3 Å². The predicted molar refractivity (Wildman–Crippen MR) is 162 cm³/mol. The minimum Gasteiger partial charge on any atom is -0.469 e. The number of benzene rings is 3. The molecular weight excluding hydrogens is 488 g/mol. The molecule has 210 valence electrons. The number of nitrogens with two attached hydrogens (primary N) is 1. The number of aromatic nitrogens is 1. The van der Waals surface area contributed by atoms with Gasteiger partial charge in [0, 0.05) is 16.8 Å². The van der Waals surface area contributed by atoms with Gasteiger partial charge in [-0.1, -0.05) is 95.8 Å². The lowest BCUT2D eigenvalue weighted by molar-refractivity contribution is -0.142. The number of esters is 1. The van der Waals surface area contributed by atoms with Crippen LogP contribution in [0.3, 0.4) is 0 Å². The molecule has 0 amide bonds. The standard InChI is InChI=1S/C15H12N2O2.C10H12O2.2C4H10/c1-9(18)10-3-2-4-11(7-10)15-17-13-8-12(16)5-6-14(13)19-15;1-8(10(11)12-2)9-6-4-3-5-7-9;2*1-3-4-2/h2-8H,16H2,1H3;3-8H,1-2H3;2*3-4H2,1-2H3. The molecule has 4 aromatic rings. The number of anilines is 1. The van der Waals surface area contributed by atoms with E-state index >= 15 is 0 Å². The Hall–Kier alpha value is -3.93. The van der Waals surface area contributed by atoms with Crippen LogP contribution in [-0.4, -0.2) is 23.8 Å². The van der Waals surface area contributed by atoms with Crippen molar-refractivity contribution >= 4 is 28.5 Å². The minimum atomic E-state index is -0.193. The maximum absolute atomic E-state index is 11.4. The van der Waals surface area contributed by atoms with Crippen LogP contribution in [-0.2, 0) is 9.53 Å². The fourth-order valence-corrected chi connectivity index (χ4v) is 2.99. The number of carbonyl (C=O) groups is 2. The number of Topliss-reactive ketones (excluding diaryl/α,β-unsaturated/α-hetero) is 1. The van der Waals surface area contributed by atoms with Crippen molar-refractivity contribution in [3.63, 3.8) is 0 Å². The number of ketones is 1. The molecule has 1 heterocycles. The first kappa shape index (κ1) is 33.1. The summed E-state index contributed by atoms with van der Waals surface area (Å²) in [7, 11) is 1.40. The maximum Gasteiger partial charge on any atom is 0.312 e. The average molecular weight is 533 g/mol. The number of nitrogen functional groups attached to an aromatic ring is 1. The minimum absolute atomic E-state index is 0.0159. The summed E-state index contributed by atoms with van der Waals surface area (Å²) in [6.45, 7) is 12.1. The third-order valence-corrected chi connectivity index (χ3v) is 5.78.